The van der Waals surface area contributed by atoms with Crippen LogP contribution in [0.1, 0.15) is 45.1 Å². The van der Waals surface area contributed by atoms with E-state index in [4.69, 9.17) is 11.6 Å². The Morgan fingerprint density at radius 2 is 2.04 bits per heavy atom. The number of anilines is 1. The van der Waals surface area contributed by atoms with Crippen LogP contribution in [0, 0.1) is 6.92 Å². The van der Waals surface area contributed by atoms with Crippen molar-refractivity contribution in [3.8, 4) is 0 Å². The Balaban J connectivity index is 2.73. The third kappa shape index (κ3) is 6.69. The second-order valence-electron chi connectivity index (χ2n) is 6.13. The zero-order valence-corrected chi connectivity index (χ0v) is 16.4. The monoisotopic (exact) mass is 374 g/mol. The van der Waals surface area contributed by atoms with Crippen molar-refractivity contribution in [1.82, 2.24) is 5.32 Å². The first-order valence-electron chi connectivity index (χ1n) is 8.18. The molecule has 1 amide bonds. The molecule has 7 heteroatoms. The van der Waals surface area contributed by atoms with Crippen molar-refractivity contribution in [1.29, 1.82) is 0 Å². The van der Waals surface area contributed by atoms with Crippen molar-refractivity contribution in [2.75, 3.05) is 17.1 Å². The topological polar surface area (TPSA) is 66.5 Å². The molecule has 0 radical (unpaired) electrons. The van der Waals surface area contributed by atoms with Gasteiger partial charge in [0.1, 0.15) is 0 Å². The molecule has 0 saturated carbocycles. The lowest BCUT2D eigenvalue weighted by Gasteiger charge is -2.24. The number of nitrogens with one attached hydrogen (secondary N) is 1. The summed E-state index contributed by atoms with van der Waals surface area (Å²) in [6.45, 7) is 6.12. The summed E-state index contributed by atoms with van der Waals surface area (Å²) in [5.41, 5.74) is 1.38. The minimum absolute atomic E-state index is 0.0489. The Labute approximate surface area is 150 Å². The van der Waals surface area contributed by atoms with E-state index >= 15 is 0 Å². The Morgan fingerprint density at radius 1 is 1.38 bits per heavy atom. The van der Waals surface area contributed by atoms with Gasteiger partial charge in [-0.3, -0.25) is 9.10 Å². The first-order chi connectivity index (χ1) is 11.1. The highest BCUT2D eigenvalue weighted by Gasteiger charge is 2.20. The van der Waals surface area contributed by atoms with Crippen LogP contribution in [0.25, 0.3) is 0 Å². The summed E-state index contributed by atoms with van der Waals surface area (Å²) in [6.07, 6.45) is 3.85. The van der Waals surface area contributed by atoms with Gasteiger partial charge in [-0.2, -0.15) is 0 Å². The first kappa shape index (κ1) is 20.8. The molecule has 0 bridgehead atoms. The molecule has 1 rings (SSSR count). The molecule has 0 spiro atoms. The van der Waals surface area contributed by atoms with Gasteiger partial charge in [0.2, 0.25) is 15.9 Å². The van der Waals surface area contributed by atoms with Crippen LogP contribution in [0.5, 0.6) is 0 Å². The van der Waals surface area contributed by atoms with Gasteiger partial charge >= 0.3 is 0 Å². The smallest absolute Gasteiger partial charge is 0.232 e. The predicted octanol–water partition coefficient (Wildman–Crippen LogP) is 3.50. The fraction of sp³-hybridized carbons (Fsp3) is 0.588. The number of halogens is 1. The van der Waals surface area contributed by atoms with Crippen LogP contribution in [0.4, 0.5) is 5.69 Å². The molecule has 0 heterocycles. The largest absolute Gasteiger partial charge is 0.354 e. The molecule has 24 heavy (non-hydrogen) atoms. The zero-order chi connectivity index (χ0) is 18.3. The number of rotatable bonds is 9. The van der Waals surface area contributed by atoms with Gasteiger partial charge in [-0.15, -0.1) is 0 Å². The van der Waals surface area contributed by atoms with Crippen LogP contribution in [0.3, 0.4) is 0 Å². The summed E-state index contributed by atoms with van der Waals surface area (Å²) < 4.78 is 25.5. The van der Waals surface area contributed by atoms with E-state index in [1.807, 2.05) is 13.8 Å². The van der Waals surface area contributed by atoms with Gasteiger partial charge in [-0.05, 0) is 44.4 Å². The summed E-state index contributed by atoms with van der Waals surface area (Å²) >= 11 is 6.00. The first-order valence-corrected chi connectivity index (χ1v) is 10.4. The third-order valence-electron chi connectivity index (χ3n) is 3.73. The van der Waals surface area contributed by atoms with E-state index in [9.17, 15) is 13.2 Å². The highest BCUT2D eigenvalue weighted by Crippen LogP contribution is 2.26. The van der Waals surface area contributed by atoms with Gasteiger partial charge < -0.3 is 5.32 Å². The van der Waals surface area contributed by atoms with Crippen molar-refractivity contribution < 1.29 is 13.2 Å². The molecule has 0 aromatic heterocycles. The molecular formula is C17H27ClN2O3S. The van der Waals surface area contributed by atoms with Crippen molar-refractivity contribution in [2.24, 2.45) is 0 Å². The zero-order valence-electron chi connectivity index (χ0n) is 14.8. The number of carbonyl (C=O) groups excluding carboxylic acids is 1. The fourth-order valence-electron chi connectivity index (χ4n) is 2.55. The van der Waals surface area contributed by atoms with Crippen LogP contribution < -0.4 is 9.62 Å². The number of nitrogens with zero attached hydrogens (tertiary/aromatic N) is 1. The Morgan fingerprint density at radius 3 is 2.62 bits per heavy atom. The normalized spacial score (nSPS) is 12.7. The second kappa shape index (κ2) is 9.28. The average molecular weight is 375 g/mol. The summed E-state index contributed by atoms with van der Waals surface area (Å²) in [5.74, 6) is -0.0489. The standard InChI is InChI=1S/C17H27ClN2O3S/c1-5-7-14(3)19-17(21)8-6-11-20(24(4,22)23)16-12-15(18)10-9-13(16)2/h9-10,12,14H,5-8,11H2,1-4H3,(H,19,21)/t14-/m1/s1. The SMILES string of the molecule is CCC[C@@H](C)NC(=O)CCCN(c1cc(Cl)ccc1C)S(C)(=O)=O. The van der Waals surface area contributed by atoms with Crippen molar-refractivity contribution in [3.05, 3.63) is 28.8 Å². The number of sulfonamides is 1. The molecule has 1 aromatic carbocycles. The van der Waals surface area contributed by atoms with E-state index in [1.54, 1.807) is 18.2 Å². The molecular weight excluding hydrogens is 348 g/mol. The van der Waals surface area contributed by atoms with Gasteiger partial charge in [0.25, 0.3) is 0 Å². The van der Waals surface area contributed by atoms with Gasteiger partial charge in [-0.25, -0.2) is 8.42 Å². The lowest BCUT2D eigenvalue weighted by atomic mass is 10.2. The summed E-state index contributed by atoms with van der Waals surface area (Å²) in [5, 5.41) is 3.41. The van der Waals surface area contributed by atoms with Gasteiger partial charge in [0.15, 0.2) is 0 Å². The highest BCUT2D eigenvalue weighted by molar-refractivity contribution is 7.92. The second-order valence-corrected chi connectivity index (χ2v) is 8.47. The van der Waals surface area contributed by atoms with Crippen molar-refractivity contribution >= 4 is 33.2 Å². The Kier molecular flexibility index (Phi) is 8.03. The average Bonchev–Trinajstić information content (AvgIpc) is 2.45. The Bertz CT molecular complexity index is 662. The van der Waals surface area contributed by atoms with Crippen LogP contribution in [0.15, 0.2) is 18.2 Å². The molecule has 1 N–H and O–H groups in total. The molecule has 0 unspecified atom stereocenters. The van der Waals surface area contributed by atoms with E-state index in [2.05, 4.69) is 12.2 Å². The summed E-state index contributed by atoms with van der Waals surface area (Å²) in [7, 11) is -3.44. The molecule has 0 aliphatic rings. The number of amides is 1. The number of carbonyl (C=O) groups is 1. The van der Waals surface area contributed by atoms with Gasteiger partial charge in [-0.1, -0.05) is 31.0 Å². The molecule has 1 atom stereocenters. The van der Waals surface area contributed by atoms with E-state index in [0.29, 0.717) is 23.6 Å². The molecule has 1 aromatic rings. The van der Waals surface area contributed by atoms with Gasteiger partial charge in [0, 0.05) is 24.0 Å². The molecule has 0 aliphatic carbocycles. The minimum Gasteiger partial charge on any atom is -0.354 e. The number of benzene rings is 1. The third-order valence-corrected chi connectivity index (χ3v) is 5.15. The predicted molar refractivity (Wildman–Crippen MR) is 100 cm³/mol. The molecule has 0 aliphatic heterocycles. The summed E-state index contributed by atoms with van der Waals surface area (Å²) in [4.78, 5) is 11.9. The maximum Gasteiger partial charge on any atom is 0.232 e. The summed E-state index contributed by atoms with van der Waals surface area (Å²) in [6, 6.07) is 5.29. The van der Waals surface area contributed by atoms with Crippen LogP contribution in [0.2, 0.25) is 5.02 Å². The maximum atomic E-state index is 12.1. The van der Waals surface area contributed by atoms with Gasteiger partial charge in [0.05, 0.1) is 11.9 Å². The lowest BCUT2D eigenvalue weighted by Crippen LogP contribution is -2.34. The van der Waals surface area contributed by atoms with Crippen molar-refractivity contribution in [2.45, 2.75) is 52.5 Å². The number of hydrogen-bond donors (Lipinski definition) is 1. The number of aryl methyl sites for hydroxylation is 1. The number of hydrogen-bond acceptors (Lipinski definition) is 3. The lowest BCUT2D eigenvalue weighted by molar-refractivity contribution is -0.121. The maximum absolute atomic E-state index is 12.1. The van der Waals surface area contributed by atoms with E-state index in [1.165, 1.54) is 4.31 Å². The highest BCUT2D eigenvalue weighted by atomic mass is 35.5. The van der Waals surface area contributed by atoms with Crippen LogP contribution >= 0.6 is 11.6 Å². The van der Waals surface area contributed by atoms with Crippen LogP contribution in [-0.2, 0) is 14.8 Å². The minimum atomic E-state index is -3.44. The molecule has 136 valence electrons. The molecule has 0 fully saturated rings. The fourth-order valence-corrected chi connectivity index (χ4v) is 3.73. The van der Waals surface area contributed by atoms with E-state index < -0.39 is 10.0 Å². The van der Waals surface area contributed by atoms with Crippen LogP contribution in [-0.4, -0.2) is 33.2 Å². The quantitative estimate of drug-likeness (QED) is 0.719. The molecule has 5 nitrogen and oxygen atoms in total. The van der Waals surface area contributed by atoms with E-state index in [0.717, 1.165) is 24.7 Å². The van der Waals surface area contributed by atoms with E-state index in [-0.39, 0.29) is 18.5 Å². The Hall–Kier alpha value is -1.27. The molecule has 0 saturated heterocycles. The van der Waals surface area contributed by atoms with Crippen molar-refractivity contribution in [3.63, 3.8) is 0 Å².